The summed E-state index contributed by atoms with van der Waals surface area (Å²) in [5.74, 6) is 0.540. The highest BCUT2D eigenvalue weighted by Crippen LogP contribution is 2.29. The van der Waals surface area contributed by atoms with Crippen molar-refractivity contribution in [3.63, 3.8) is 0 Å². The Morgan fingerprint density at radius 2 is 1.94 bits per heavy atom. The molecule has 0 saturated carbocycles. The third-order valence-electron chi connectivity index (χ3n) is 5.44. The van der Waals surface area contributed by atoms with Crippen molar-refractivity contribution >= 4 is 38.3 Å². The predicted octanol–water partition coefficient (Wildman–Crippen LogP) is 4.78. The van der Waals surface area contributed by atoms with Gasteiger partial charge in [-0.3, -0.25) is 9.55 Å². The standard InChI is InChI=1S/C23H20BrN7O/c1-14-16(3)31(19-5-4-10-25-11-19)22-21(14)23-27-20(28-30(23)13-26-22)12-32-29-15(2)17-6-8-18(24)9-7-17/h4-11,13H,12H2,1-3H3/b29-15+. The second-order valence-electron chi connectivity index (χ2n) is 7.45. The number of oxime groups is 1. The molecule has 0 aliphatic rings. The van der Waals surface area contributed by atoms with Gasteiger partial charge in [-0.25, -0.2) is 14.5 Å². The van der Waals surface area contributed by atoms with E-state index in [1.54, 1.807) is 17.0 Å². The highest BCUT2D eigenvalue weighted by atomic mass is 79.9. The van der Waals surface area contributed by atoms with E-state index < -0.39 is 0 Å². The molecule has 4 heterocycles. The fourth-order valence-corrected chi connectivity index (χ4v) is 3.96. The van der Waals surface area contributed by atoms with Crippen molar-refractivity contribution in [1.29, 1.82) is 0 Å². The van der Waals surface area contributed by atoms with Gasteiger partial charge in [0.25, 0.3) is 0 Å². The molecule has 4 aromatic heterocycles. The maximum Gasteiger partial charge on any atom is 0.192 e. The lowest BCUT2D eigenvalue weighted by atomic mass is 10.1. The molecule has 9 heteroatoms. The molecule has 5 aromatic rings. The number of aromatic nitrogens is 6. The number of hydrogen-bond acceptors (Lipinski definition) is 6. The summed E-state index contributed by atoms with van der Waals surface area (Å²) in [7, 11) is 0. The van der Waals surface area contributed by atoms with Gasteiger partial charge in [0.2, 0.25) is 0 Å². The second-order valence-corrected chi connectivity index (χ2v) is 8.37. The van der Waals surface area contributed by atoms with E-state index in [1.807, 2.05) is 49.5 Å². The lowest BCUT2D eigenvalue weighted by Crippen LogP contribution is -1.99. The molecule has 0 amide bonds. The lowest BCUT2D eigenvalue weighted by Gasteiger charge is -2.06. The second kappa shape index (κ2) is 8.16. The third kappa shape index (κ3) is 3.54. The fourth-order valence-electron chi connectivity index (χ4n) is 3.70. The number of rotatable bonds is 5. The summed E-state index contributed by atoms with van der Waals surface area (Å²) in [6, 6.07) is 11.8. The van der Waals surface area contributed by atoms with Crippen LogP contribution in [0.5, 0.6) is 0 Å². The number of nitrogens with zero attached hydrogens (tertiary/aromatic N) is 7. The van der Waals surface area contributed by atoms with Crippen LogP contribution < -0.4 is 0 Å². The van der Waals surface area contributed by atoms with Crippen LogP contribution in [-0.2, 0) is 11.4 Å². The Balaban J connectivity index is 1.47. The van der Waals surface area contributed by atoms with Crippen LogP contribution in [0.1, 0.15) is 29.6 Å². The zero-order chi connectivity index (χ0) is 22.2. The van der Waals surface area contributed by atoms with Crippen LogP contribution >= 0.6 is 15.9 Å². The Morgan fingerprint density at radius 3 is 2.69 bits per heavy atom. The topological polar surface area (TPSA) is 82.5 Å². The minimum Gasteiger partial charge on any atom is -0.387 e. The number of benzene rings is 1. The smallest absolute Gasteiger partial charge is 0.192 e. The van der Waals surface area contributed by atoms with Gasteiger partial charge in [0.05, 0.1) is 23.0 Å². The molecule has 0 N–H and O–H groups in total. The molecule has 0 aliphatic carbocycles. The van der Waals surface area contributed by atoms with E-state index in [0.29, 0.717) is 5.82 Å². The molecule has 0 unspecified atom stereocenters. The van der Waals surface area contributed by atoms with Gasteiger partial charge < -0.3 is 4.84 Å². The molecule has 0 radical (unpaired) electrons. The minimum atomic E-state index is 0.165. The molecule has 160 valence electrons. The lowest BCUT2D eigenvalue weighted by molar-refractivity contribution is 0.125. The first-order chi connectivity index (χ1) is 15.5. The summed E-state index contributed by atoms with van der Waals surface area (Å²) in [5.41, 5.74) is 6.49. The molecule has 0 saturated heterocycles. The van der Waals surface area contributed by atoms with Crippen molar-refractivity contribution in [2.45, 2.75) is 27.4 Å². The number of hydrogen-bond donors (Lipinski definition) is 0. The van der Waals surface area contributed by atoms with E-state index in [0.717, 1.165) is 49.4 Å². The Kier molecular flexibility index (Phi) is 5.18. The largest absolute Gasteiger partial charge is 0.387 e. The van der Waals surface area contributed by atoms with Crippen molar-refractivity contribution < 1.29 is 4.84 Å². The first-order valence-electron chi connectivity index (χ1n) is 10.1. The molecule has 0 fully saturated rings. The maximum atomic E-state index is 5.54. The quantitative estimate of drug-likeness (QED) is 0.262. The number of halogens is 1. The number of aryl methyl sites for hydroxylation is 1. The number of fused-ring (bicyclic) bond motifs is 3. The van der Waals surface area contributed by atoms with Crippen LogP contribution in [0.15, 0.2) is 64.7 Å². The van der Waals surface area contributed by atoms with Gasteiger partial charge in [-0.2, -0.15) is 0 Å². The Labute approximate surface area is 192 Å². The molecular formula is C23H20BrN7O. The van der Waals surface area contributed by atoms with Crippen molar-refractivity contribution in [3.05, 3.63) is 82.2 Å². The Morgan fingerprint density at radius 1 is 1.12 bits per heavy atom. The van der Waals surface area contributed by atoms with Crippen molar-refractivity contribution in [2.24, 2.45) is 5.16 Å². The molecule has 5 rings (SSSR count). The normalized spacial score (nSPS) is 12.1. The summed E-state index contributed by atoms with van der Waals surface area (Å²) in [5, 5.41) is 9.69. The van der Waals surface area contributed by atoms with Crippen LogP contribution in [0.3, 0.4) is 0 Å². The third-order valence-corrected chi connectivity index (χ3v) is 5.97. The molecule has 0 spiro atoms. The zero-order valence-electron chi connectivity index (χ0n) is 17.8. The first-order valence-corrected chi connectivity index (χ1v) is 10.9. The van der Waals surface area contributed by atoms with Crippen molar-refractivity contribution in [1.82, 2.24) is 29.1 Å². The zero-order valence-corrected chi connectivity index (χ0v) is 19.4. The van der Waals surface area contributed by atoms with Gasteiger partial charge in [-0.1, -0.05) is 33.2 Å². The Bertz CT molecular complexity index is 1450. The highest BCUT2D eigenvalue weighted by molar-refractivity contribution is 9.10. The molecule has 1 aromatic carbocycles. The average Bonchev–Trinajstić information content (AvgIpc) is 3.33. The summed E-state index contributed by atoms with van der Waals surface area (Å²) in [6.07, 6.45) is 5.26. The minimum absolute atomic E-state index is 0.165. The molecule has 0 aliphatic heterocycles. The van der Waals surface area contributed by atoms with Gasteiger partial charge in [-0.05, 0) is 56.2 Å². The van der Waals surface area contributed by atoms with Crippen LogP contribution in [0, 0.1) is 13.8 Å². The highest BCUT2D eigenvalue weighted by Gasteiger charge is 2.19. The molecule has 32 heavy (non-hydrogen) atoms. The molecule has 0 bridgehead atoms. The van der Waals surface area contributed by atoms with E-state index >= 15 is 0 Å². The SMILES string of the molecule is C/C(=N\OCc1nc2c3c(C)c(C)n(-c4cccnc4)c3ncn2n1)c1ccc(Br)cc1. The number of pyridine rings is 1. The van der Waals surface area contributed by atoms with Crippen LogP contribution in [0.25, 0.3) is 22.4 Å². The van der Waals surface area contributed by atoms with E-state index in [1.165, 1.54) is 0 Å². The summed E-state index contributed by atoms with van der Waals surface area (Å²) in [4.78, 5) is 19.2. The van der Waals surface area contributed by atoms with Gasteiger partial charge in [0.15, 0.2) is 23.7 Å². The van der Waals surface area contributed by atoms with Crippen LogP contribution in [0.4, 0.5) is 0 Å². The maximum absolute atomic E-state index is 5.54. The van der Waals surface area contributed by atoms with Gasteiger partial charge in [0, 0.05) is 16.4 Å². The van der Waals surface area contributed by atoms with Crippen LogP contribution in [0.2, 0.25) is 0 Å². The average molecular weight is 490 g/mol. The summed E-state index contributed by atoms with van der Waals surface area (Å²) < 4.78 is 4.80. The molecular weight excluding hydrogens is 470 g/mol. The summed E-state index contributed by atoms with van der Waals surface area (Å²) in [6.45, 7) is 6.21. The van der Waals surface area contributed by atoms with Gasteiger partial charge in [-0.15, -0.1) is 5.10 Å². The van der Waals surface area contributed by atoms with E-state index in [4.69, 9.17) is 9.82 Å². The predicted molar refractivity (Wildman–Crippen MR) is 126 cm³/mol. The van der Waals surface area contributed by atoms with E-state index in [9.17, 15) is 0 Å². The molecule has 8 nitrogen and oxygen atoms in total. The van der Waals surface area contributed by atoms with Crippen molar-refractivity contribution in [3.8, 4) is 5.69 Å². The fraction of sp³-hybridized carbons (Fsp3) is 0.174. The summed E-state index contributed by atoms with van der Waals surface area (Å²) >= 11 is 3.44. The first kappa shape index (κ1) is 20.3. The molecule has 0 atom stereocenters. The van der Waals surface area contributed by atoms with Gasteiger partial charge >= 0.3 is 0 Å². The van der Waals surface area contributed by atoms with E-state index in [-0.39, 0.29) is 6.61 Å². The van der Waals surface area contributed by atoms with Gasteiger partial charge in [0.1, 0.15) is 6.33 Å². The van der Waals surface area contributed by atoms with Crippen molar-refractivity contribution in [2.75, 3.05) is 0 Å². The Hall–Kier alpha value is -3.59. The monoisotopic (exact) mass is 489 g/mol. The van der Waals surface area contributed by atoms with Crippen LogP contribution in [-0.4, -0.2) is 34.8 Å². The van der Waals surface area contributed by atoms with E-state index in [2.05, 4.69) is 54.6 Å².